The standard InChI is InChI=1S/C7H10N2O/c1-5-3-8-6(2)7(5)9-4-10/h3-4,8H,1-2H3,(H,9,10). The number of anilines is 1. The van der Waals surface area contributed by atoms with Gasteiger partial charge < -0.3 is 10.3 Å². The lowest BCUT2D eigenvalue weighted by Gasteiger charge is -1.96. The zero-order valence-corrected chi connectivity index (χ0v) is 6.06. The lowest BCUT2D eigenvalue weighted by Crippen LogP contribution is -1.95. The second-order valence-corrected chi connectivity index (χ2v) is 2.23. The van der Waals surface area contributed by atoms with Crippen LogP contribution < -0.4 is 5.32 Å². The highest BCUT2D eigenvalue weighted by atomic mass is 16.1. The maximum absolute atomic E-state index is 10.1. The third-order valence-corrected chi connectivity index (χ3v) is 1.48. The Morgan fingerprint density at radius 2 is 2.30 bits per heavy atom. The van der Waals surface area contributed by atoms with Crippen LogP contribution in [0.2, 0.25) is 0 Å². The van der Waals surface area contributed by atoms with Crippen molar-refractivity contribution in [3.8, 4) is 0 Å². The van der Waals surface area contributed by atoms with Crippen molar-refractivity contribution >= 4 is 12.1 Å². The number of nitrogens with one attached hydrogen (secondary N) is 2. The number of H-pyrrole nitrogens is 1. The van der Waals surface area contributed by atoms with Crippen molar-refractivity contribution in [3.05, 3.63) is 17.5 Å². The number of aromatic amines is 1. The molecular formula is C7H10N2O. The number of carbonyl (C=O) groups excluding carboxylic acids is 1. The second kappa shape index (κ2) is 2.56. The molecule has 0 radical (unpaired) electrons. The summed E-state index contributed by atoms with van der Waals surface area (Å²) in [6.45, 7) is 3.86. The fourth-order valence-corrected chi connectivity index (χ4v) is 0.938. The van der Waals surface area contributed by atoms with E-state index < -0.39 is 0 Å². The number of amides is 1. The Labute approximate surface area is 59.4 Å². The van der Waals surface area contributed by atoms with Crippen LogP contribution in [0.4, 0.5) is 5.69 Å². The Kier molecular flexibility index (Phi) is 1.76. The number of aromatic nitrogens is 1. The molecule has 10 heavy (non-hydrogen) atoms. The van der Waals surface area contributed by atoms with Crippen molar-refractivity contribution in [1.82, 2.24) is 4.98 Å². The summed E-state index contributed by atoms with van der Waals surface area (Å²) in [5, 5.41) is 2.61. The number of hydrogen-bond donors (Lipinski definition) is 2. The molecule has 0 atom stereocenters. The molecule has 1 aromatic rings. The lowest BCUT2D eigenvalue weighted by atomic mass is 10.3. The molecule has 0 saturated heterocycles. The summed E-state index contributed by atoms with van der Waals surface area (Å²) in [6, 6.07) is 0. The van der Waals surface area contributed by atoms with E-state index in [1.165, 1.54) is 0 Å². The third kappa shape index (κ3) is 1.03. The molecule has 0 fully saturated rings. The third-order valence-electron chi connectivity index (χ3n) is 1.48. The van der Waals surface area contributed by atoms with Crippen LogP contribution in [-0.2, 0) is 4.79 Å². The van der Waals surface area contributed by atoms with Gasteiger partial charge in [-0.25, -0.2) is 0 Å². The van der Waals surface area contributed by atoms with Crippen LogP contribution in [0.1, 0.15) is 11.3 Å². The van der Waals surface area contributed by atoms with Crippen LogP contribution in [0.3, 0.4) is 0 Å². The van der Waals surface area contributed by atoms with Crippen molar-refractivity contribution in [2.75, 3.05) is 5.32 Å². The van der Waals surface area contributed by atoms with E-state index in [1.54, 1.807) is 0 Å². The van der Waals surface area contributed by atoms with Gasteiger partial charge in [-0.1, -0.05) is 0 Å². The van der Waals surface area contributed by atoms with Crippen molar-refractivity contribution < 1.29 is 4.79 Å². The minimum atomic E-state index is 0.684. The van der Waals surface area contributed by atoms with Gasteiger partial charge in [-0.05, 0) is 19.4 Å². The Balaban J connectivity index is 2.97. The van der Waals surface area contributed by atoms with Gasteiger partial charge in [0.05, 0.1) is 5.69 Å². The first kappa shape index (κ1) is 6.86. The van der Waals surface area contributed by atoms with E-state index in [1.807, 2.05) is 20.0 Å². The summed E-state index contributed by atoms with van der Waals surface area (Å²) in [4.78, 5) is 13.1. The van der Waals surface area contributed by atoms with Crippen molar-refractivity contribution in [2.24, 2.45) is 0 Å². The average Bonchev–Trinajstić information content (AvgIpc) is 2.20. The largest absolute Gasteiger partial charge is 0.363 e. The first-order valence-electron chi connectivity index (χ1n) is 3.10. The number of aryl methyl sites for hydroxylation is 2. The molecule has 2 N–H and O–H groups in total. The molecule has 3 heteroatoms. The molecule has 54 valence electrons. The van der Waals surface area contributed by atoms with Crippen LogP contribution in [0.25, 0.3) is 0 Å². The summed E-state index contributed by atoms with van der Waals surface area (Å²) in [5.41, 5.74) is 2.93. The van der Waals surface area contributed by atoms with Gasteiger partial charge >= 0.3 is 0 Å². The van der Waals surface area contributed by atoms with E-state index in [4.69, 9.17) is 0 Å². The maximum Gasteiger partial charge on any atom is 0.211 e. The highest BCUT2D eigenvalue weighted by Gasteiger charge is 2.00. The van der Waals surface area contributed by atoms with Gasteiger partial charge in [0.15, 0.2) is 0 Å². The summed E-state index contributed by atoms with van der Waals surface area (Å²) >= 11 is 0. The molecule has 0 aliphatic carbocycles. The van der Waals surface area contributed by atoms with Gasteiger partial charge in [-0.3, -0.25) is 4.79 Å². The van der Waals surface area contributed by atoms with Gasteiger partial charge in [0.2, 0.25) is 6.41 Å². The number of hydrogen-bond acceptors (Lipinski definition) is 1. The van der Waals surface area contributed by atoms with Gasteiger partial charge in [0.25, 0.3) is 0 Å². The van der Waals surface area contributed by atoms with Crippen LogP contribution in [0, 0.1) is 13.8 Å². The molecule has 0 bridgehead atoms. The fourth-order valence-electron chi connectivity index (χ4n) is 0.938. The van der Waals surface area contributed by atoms with Gasteiger partial charge in [-0.15, -0.1) is 0 Å². The zero-order chi connectivity index (χ0) is 7.56. The molecule has 1 amide bonds. The van der Waals surface area contributed by atoms with Crippen LogP contribution in [-0.4, -0.2) is 11.4 Å². The molecule has 1 rings (SSSR count). The molecule has 3 nitrogen and oxygen atoms in total. The smallest absolute Gasteiger partial charge is 0.211 e. The van der Waals surface area contributed by atoms with E-state index in [2.05, 4.69) is 10.3 Å². The number of carbonyl (C=O) groups is 1. The summed E-state index contributed by atoms with van der Waals surface area (Å²) in [6.07, 6.45) is 2.55. The van der Waals surface area contributed by atoms with Gasteiger partial charge in [0.1, 0.15) is 0 Å². The summed E-state index contributed by atoms with van der Waals surface area (Å²) < 4.78 is 0. The quantitative estimate of drug-likeness (QED) is 0.592. The molecule has 0 aliphatic rings. The molecule has 0 unspecified atom stereocenters. The SMILES string of the molecule is Cc1c[nH]c(C)c1NC=O. The van der Waals surface area contributed by atoms with E-state index >= 15 is 0 Å². The number of rotatable bonds is 2. The van der Waals surface area contributed by atoms with E-state index in [0.29, 0.717) is 6.41 Å². The molecule has 0 spiro atoms. The Morgan fingerprint density at radius 3 is 2.70 bits per heavy atom. The Morgan fingerprint density at radius 1 is 1.60 bits per heavy atom. The van der Waals surface area contributed by atoms with E-state index in [9.17, 15) is 4.79 Å². The average molecular weight is 138 g/mol. The maximum atomic E-state index is 10.1. The van der Waals surface area contributed by atoms with Crippen LogP contribution in [0.15, 0.2) is 6.20 Å². The van der Waals surface area contributed by atoms with Gasteiger partial charge in [0, 0.05) is 11.9 Å². The molecule has 0 saturated carbocycles. The topological polar surface area (TPSA) is 44.9 Å². The summed E-state index contributed by atoms with van der Waals surface area (Å²) in [7, 11) is 0. The Hall–Kier alpha value is -1.25. The highest BCUT2D eigenvalue weighted by molar-refractivity contribution is 5.74. The molecule has 0 aromatic carbocycles. The molecule has 1 aromatic heterocycles. The highest BCUT2D eigenvalue weighted by Crippen LogP contribution is 2.16. The van der Waals surface area contributed by atoms with E-state index in [0.717, 1.165) is 16.9 Å². The monoisotopic (exact) mass is 138 g/mol. The van der Waals surface area contributed by atoms with Crippen molar-refractivity contribution in [2.45, 2.75) is 13.8 Å². The zero-order valence-electron chi connectivity index (χ0n) is 6.06. The van der Waals surface area contributed by atoms with E-state index in [-0.39, 0.29) is 0 Å². The van der Waals surface area contributed by atoms with Crippen LogP contribution in [0.5, 0.6) is 0 Å². The minimum Gasteiger partial charge on any atom is -0.363 e. The second-order valence-electron chi connectivity index (χ2n) is 2.23. The fraction of sp³-hybridized carbons (Fsp3) is 0.286. The minimum absolute atomic E-state index is 0.684. The normalized spacial score (nSPS) is 9.40. The Bertz CT molecular complexity index is 220. The molecular weight excluding hydrogens is 128 g/mol. The summed E-state index contributed by atoms with van der Waals surface area (Å²) in [5.74, 6) is 0. The van der Waals surface area contributed by atoms with Gasteiger partial charge in [-0.2, -0.15) is 0 Å². The first-order chi connectivity index (χ1) is 4.75. The predicted octanol–water partition coefficient (Wildman–Crippen LogP) is 1.20. The predicted molar refractivity (Wildman–Crippen MR) is 40.0 cm³/mol. The molecule has 1 heterocycles. The van der Waals surface area contributed by atoms with Crippen molar-refractivity contribution in [3.63, 3.8) is 0 Å². The molecule has 0 aliphatic heterocycles. The van der Waals surface area contributed by atoms with Crippen molar-refractivity contribution in [1.29, 1.82) is 0 Å². The first-order valence-corrected chi connectivity index (χ1v) is 3.10. The lowest BCUT2D eigenvalue weighted by molar-refractivity contribution is -0.105. The van der Waals surface area contributed by atoms with Crippen LogP contribution >= 0.6 is 0 Å².